The summed E-state index contributed by atoms with van der Waals surface area (Å²) in [6, 6.07) is 11.2. The predicted molar refractivity (Wildman–Crippen MR) is 91.4 cm³/mol. The van der Waals surface area contributed by atoms with Crippen molar-refractivity contribution in [1.82, 2.24) is 0 Å². The summed E-state index contributed by atoms with van der Waals surface area (Å²) in [5, 5.41) is 3.13. The maximum Gasteiger partial charge on any atom is 0.340 e. The lowest BCUT2D eigenvalue weighted by Crippen LogP contribution is -2.24. The first-order valence-electron chi connectivity index (χ1n) is 7.31. The van der Waals surface area contributed by atoms with Crippen LogP contribution in [0.4, 0.5) is 15.8 Å². The quantitative estimate of drug-likeness (QED) is 0.792. The van der Waals surface area contributed by atoms with Crippen molar-refractivity contribution in [2.45, 2.75) is 26.4 Å². The number of ether oxygens (including phenoxy) is 1. The van der Waals surface area contributed by atoms with Crippen LogP contribution in [0.5, 0.6) is 0 Å². The van der Waals surface area contributed by atoms with Crippen molar-refractivity contribution >= 4 is 23.4 Å². The van der Waals surface area contributed by atoms with Gasteiger partial charge in [0.15, 0.2) is 0 Å². The number of anilines is 2. The van der Waals surface area contributed by atoms with Gasteiger partial charge in [-0.3, -0.25) is 0 Å². The summed E-state index contributed by atoms with van der Waals surface area (Å²) in [6.45, 7) is 9.18. The van der Waals surface area contributed by atoms with Gasteiger partial charge in [-0.15, -0.1) is 0 Å². The molecule has 23 heavy (non-hydrogen) atoms. The van der Waals surface area contributed by atoms with Crippen LogP contribution in [0.2, 0.25) is 0 Å². The third kappa shape index (κ3) is 4.68. The van der Waals surface area contributed by atoms with Gasteiger partial charge in [-0.2, -0.15) is 0 Å². The first kappa shape index (κ1) is 16.7. The van der Waals surface area contributed by atoms with Gasteiger partial charge >= 0.3 is 5.97 Å². The van der Waals surface area contributed by atoms with Crippen molar-refractivity contribution in [2.75, 3.05) is 5.32 Å². The van der Waals surface area contributed by atoms with Crippen LogP contribution in [-0.4, -0.2) is 11.6 Å². The Kier molecular flexibility index (Phi) is 4.84. The van der Waals surface area contributed by atoms with Gasteiger partial charge in [0.05, 0.1) is 11.3 Å². The lowest BCUT2D eigenvalue weighted by Gasteiger charge is -2.21. The highest BCUT2D eigenvalue weighted by molar-refractivity contribution is 5.97. The zero-order valence-corrected chi connectivity index (χ0v) is 13.5. The molecule has 0 aliphatic carbocycles. The van der Waals surface area contributed by atoms with Gasteiger partial charge in [0.25, 0.3) is 0 Å². The maximum absolute atomic E-state index is 13.0. The molecule has 0 aromatic heterocycles. The van der Waals surface area contributed by atoms with Crippen LogP contribution in [0.1, 0.15) is 36.7 Å². The molecule has 0 aliphatic rings. The molecular formula is C19H20FNO2. The highest BCUT2D eigenvalue weighted by atomic mass is 19.1. The van der Waals surface area contributed by atoms with Gasteiger partial charge in [-0.1, -0.05) is 18.7 Å². The Morgan fingerprint density at radius 1 is 1.17 bits per heavy atom. The van der Waals surface area contributed by atoms with Gasteiger partial charge in [0.1, 0.15) is 11.4 Å². The van der Waals surface area contributed by atoms with Crippen LogP contribution in [0.3, 0.4) is 0 Å². The van der Waals surface area contributed by atoms with Gasteiger partial charge in [0.2, 0.25) is 0 Å². The number of nitrogens with one attached hydrogen (secondary N) is 1. The van der Waals surface area contributed by atoms with E-state index in [1.807, 2.05) is 20.8 Å². The largest absolute Gasteiger partial charge is 0.456 e. The SMILES string of the molecule is C=Cc1ccc(C(=O)OC(C)(C)C)c(Nc2ccc(F)cc2)c1. The van der Waals surface area contributed by atoms with E-state index in [0.717, 1.165) is 5.56 Å². The first-order chi connectivity index (χ1) is 10.8. The number of hydrogen-bond donors (Lipinski definition) is 1. The minimum absolute atomic E-state index is 0.317. The number of benzene rings is 2. The number of rotatable bonds is 4. The van der Waals surface area contributed by atoms with E-state index in [-0.39, 0.29) is 5.82 Å². The fourth-order valence-corrected chi connectivity index (χ4v) is 1.99. The second-order valence-corrected chi connectivity index (χ2v) is 6.14. The maximum atomic E-state index is 13.0. The van der Waals surface area contributed by atoms with Gasteiger partial charge in [0, 0.05) is 5.69 Å². The molecule has 2 aromatic carbocycles. The van der Waals surface area contributed by atoms with Crippen LogP contribution in [-0.2, 0) is 4.74 Å². The smallest absolute Gasteiger partial charge is 0.340 e. The molecule has 120 valence electrons. The van der Waals surface area contributed by atoms with Gasteiger partial charge in [-0.05, 0) is 62.7 Å². The van der Waals surface area contributed by atoms with Crippen LogP contribution in [0.15, 0.2) is 49.0 Å². The van der Waals surface area contributed by atoms with E-state index in [1.165, 1.54) is 12.1 Å². The van der Waals surface area contributed by atoms with Gasteiger partial charge < -0.3 is 10.1 Å². The molecule has 0 aliphatic heterocycles. The zero-order chi connectivity index (χ0) is 17.0. The van der Waals surface area contributed by atoms with E-state index >= 15 is 0 Å². The summed E-state index contributed by atoms with van der Waals surface area (Å²) < 4.78 is 18.5. The van der Waals surface area contributed by atoms with Crippen LogP contribution in [0, 0.1) is 5.82 Å². The Labute approximate surface area is 135 Å². The van der Waals surface area contributed by atoms with E-state index < -0.39 is 11.6 Å². The molecule has 0 bridgehead atoms. The molecule has 0 spiro atoms. The van der Waals surface area contributed by atoms with E-state index in [9.17, 15) is 9.18 Å². The number of hydrogen-bond acceptors (Lipinski definition) is 3. The average molecular weight is 313 g/mol. The highest BCUT2D eigenvalue weighted by Crippen LogP contribution is 2.25. The van der Waals surface area contributed by atoms with Crippen molar-refractivity contribution in [1.29, 1.82) is 0 Å². The van der Waals surface area contributed by atoms with Crippen molar-refractivity contribution in [2.24, 2.45) is 0 Å². The summed E-state index contributed by atoms with van der Waals surface area (Å²) in [5.74, 6) is -0.736. The molecule has 4 heteroatoms. The van der Waals surface area contributed by atoms with E-state index in [0.29, 0.717) is 16.9 Å². The monoisotopic (exact) mass is 313 g/mol. The fraction of sp³-hybridized carbons (Fsp3) is 0.211. The summed E-state index contributed by atoms with van der Waals surface area (Å²) in [6.07, 6.45) is 1.69. The summed E-state index contributed by atoms with van der Waals surface area (Å²) in [5.41, 5.74) is 1.96. The van der Waals surface area contributed by atoms with E-state index in [2.05, 4.69) is 11.9 Å². The molecule has 0 saturated carbocycles. The van der Waals surface area contributed by atoms with Crippen molar-refractivity contribution in [3.8, 4) is 0 Å². The predicted octanol–water partition coefficient (Wildman–Crippen LogP) is 5.17. The number of carbonyl (C=O) groups is 1. The van der Waals surface area contributed by atoms with Crippen LogP contribution < -0.4 is 5.32 Å². The average Bonchev–Trinajstić information content (AvgIpc) is 2.47. The van der Waals surface area contributed by atoms with Crippen LogP contribution in [0.25, 0.3) is 6.08 Å². The third-order valence-electron chi connectivity index (χ3n) is 3.02. The van der Waals surface area contributed by atoms with E-state index in [1.54, 1.807) is 36.4 Å². The van der Waals surface area contributed by atoms with Gasteiger partial charge in [-0.25, -0.2) is 9.18 Å². The summed E-state index contributed by atoms with van der Waals surface area (Å²) in [7, 11) is 0. The number of halogens is 1. The van der Waals surface area contributed by atoms with Crippen LogP contribution >= 0.6 is 0 Å². The Balaban J connectivity index is 2.36. The minimum Gasteiger partial charge on any atom is -0.456 e. The number of carbonyl (C=O) groups excluding carboxylic acids is 1. The normalized spacial score (nSPS) is 11.0. The molecule has 0 heterocycles. The molecule has 0 saturated heterocycles. The second-order valence-electron chi connectivity index (χ2n) is 6.14. The molecule has 0 radical (unpaired) electrons. The lowest BCUT2D eigenvalue weighted by molar-refractivity contribution is 0.00707. The molecule has 0 unspecified atom stereocenters. The topological polar surface area (TPSA) is 38.3 Å². The summed E-state index contributed by atoms with van der Waals surface area (Å²) in [4.78, 5) is 12.4. The fourth-order valence-electron chi connectivity index (χ4n) is 1.99. The van der Waals surface area contributed by atoms with E-state index in [4.69, 9.17) is 4.74 Å². The Morgan fingerprint density at radius 3 is 2.39 bits per heavy atom. The molecule has 0 atom stereocenters. The minimum atomic E-state index is -0.582. The molecule has 1 N–H and O–H groups in total. The molecular weight excluding hydrogens is 293 g/mol. The second kappa shape index (κ2) is 6.65. The standard InChI is InChI=1S/C19H20FNO2/c1-5-13-6-11-16(18(22)23-19(2,3)4)17(12-13)21-15-9-7-14(20)8-10-15/h5-12,21H,1H2,2-4H3. The summed E-state index contributed by atoms with van der Waals surface area (Å²) >= 11 is 0. The van der Waals surface area contributed by atoms with Crippen molar-refractivity contribution < 1.29 is 13.9 Å². The Morgan fingerprint density at radius 2 is 1.83 bits per heavy atom. The van der Waals surface area contributed by atoms with Crippen molar-refractivity contribution in [3.05, 3.63) is 66.0 Å². The third-order valence-corrected chi connectivity index (χ3v) is 3.02. The highest BCUT2D eigenvalue weighted by Gasteiger charge is 2.20. The number of esters is 1. The molecule has 0 fully saturated rings. The molecule has 2 rings (SSSR count). The van der Waals surface area contributed by atoms with Crippen molar-refractivity contribution in [3.63, 3.8) is 0 Å². The first-order valence-corrected chi connectivity index (χ1v) is 7.31. The lowest BCUT2D eigenvalue weighted by atomic mass is 10.1. The molecule has 2 aromatic rings. The Hall–Kier alpha value is -2.62. The zero-order valence-electron chi connectivity index (χ0n) is 13.5. The molecule has 0 amide bonds. The Bertz CT molecular complexity index is 715. The molecule has 3 nitrogen and oxygen atoms in total.